The van der Waals surface area contributed by atoms with E-state index >= 15 is 0 Å². The van der Waals surface area contributed by atoms with E-state index in [1.807, 2.05) is 75.4 Å². The largest absolute Gasteiger partial charge is 0.352 e. The second-order valence-electron chi connectivity index (χ2n) is 7.26. The van der Waals surface area contributed by atoms with E-state index in [0.29, 0.717) is 18.7 Å². The minimum atomic E-state index is -0.516. The zero-order valence-electron chi connectivity index (χ0n) is 17.1. The second kappa shape index (κ2) is 10.9. The van der Waals surface area contributed by atoms with Gasteiger partial charge in [-0.3, -0.25) is 9.59 Å². The van der Waals surface area contributed by atoms with Crippen LogP contribution in [0.4, 0.5) is 0 Å². The molecule has 0 fully saturated rings. The number of carbonyl (C=O) groups excluding carboxylic acids is 2. The monoisotopic (exact) mass is 398 g/mol. The zero-order chi connectivity index (χ0) is 20.5. The number of aryl methyl sites for hydroxylation is 1. The van der Waals surface area contributed by atoms with E-state index in [9.17, 15) is 9.59 Å². The van der Waals surface area contributed by atoms with Crippen LogP contribution in [0.1, 0.15) is 38.3 Å². The van der Waals surface area contributed by atoms with Crippen molar-refractivity contribution in [1.29, 1.82) is 0 Å². The molecule has 0 aliphatic carbocycles. The smallest absolute Gasteiger partial charge is 0.242 e. The van der Waals surface area contributed by atoms with Crippen molar-refractivity contribution in [1.82, 2.24) is 10.2 Å². The Morgan fingerprint density at radius 1 is 1.00 bits per heavy atom. The summed E-state index contributed by atoms with van der Waals surface area (Å²) in [5, 5.41) is 2.92. The van der Waals surface area contributed by atoms with Crippen LogP contribution in [0.15, 0.2) is 59.5 Å². The molecule has 0 aliphatic rings. The third-order valence-corrected chi connectivity index (χ3v) is 5.41. The van der Waals surface area contributed by atoms with Crippen molar-refractivity contribution < 1.29 is 9.59 Å². The molecule has 0 aliphatic heterocycles. The van der Waals surface area contributed by atoms with Gasteiger partial charge in [-0.15, -0.1) is 11.8 Å². The predicted octanol–water partition coefficient (Wildman–Crippen LogP) is 4.42. The molecule has 5 heteroatoms. The van der Waals surface area contributed by atoms with E-state index in [1.165, 1.54) is 5.56 Å². The number of nitrogens with one attached hydrogen (secondary N) is 1. The molecule has 0 saturated heterocycles. The van der Waals surface area contributed by atoms with Crippen LogP contribution in [0.25, 0.3) is 0 Å². The maximum Gasteiger partial charge on any atom is 0.242 e. The molecule has 150 valence electrons. The summed E-state index contributed by atoms with van der Waals surface area (Å²) in [7, 11) is 0. The second-order valence-corrected chi connectivity index (χ2v) is 8.43. The highest BCUT2D eigenvalue weighted by Gasteiger charge is 2.26. The molecule has 2 aromatic rings. The zero-order valence-corrected chi connectivity index (χ0v) is 18.0. The molecule has 0 aromatic heterocycles. The Bertz CT molecular complexity index is 760. The molecule has 0 heterocycles. The fourth-order valence-corrected chi connectivity index (χ4v) is 3.66. The van der Waals surface area contributed by atoms with Gasteiger partial charge in [0.25, 0.3) is 0 Å². The molecular weight excluding hydrogens is 368 g/mol. The summed E-state index contributed by atoms with van der Waals surface area (Å²) < 4.78 is 0. The van der Waals surface area contributed by atoms with Crippen molar-refractivity contribution in [2.45, 2.75) is 57.6 Å². The molecule has 2 amide bonds. The van der Waals surface area contributed by atoms with Crippen molar-refractivity contribution in [3.05, 3.63) is 65.7 Å². The Morgan fingerprint density at radius 2 is 1.64 bits per heavy atom. The van der Waals surface area contributed by atoms with Crippen molar-refractivity contribution >= 4 is 23.6 Å². The molecule has 2 aromatic carbocycles. The van der Waals surface area contributed by atoms with Gasteiger partial charge >= 0.3 is 0 Å². The third kappa shape index (κ3) is 7.04. The maximum absolute atomic E-state index is 13.0. The number of nitrogens with zero attached hydrogens (tertiary/aromatic N) is 1. The standard InChI is InChI=1S/C23H30N2O2S/c1-17(2)24-23(27)19(4)25(16-20-12-10-18(3)11-13-20)22(26)14-15-28-21-8-6-5-7-9-21/h5-13,17,19H,14-16H2,1-4H3,(H,24,27)/t19-/m0/s1. The van der Waals surface area contributed by atoms with Gasteiger partial charge in [-0.05, 0) is 45.4 Å². The average Bonchev–Trinajstić information content (AvgIpc) is 2.67. The van der Waals surface area contributed by atoms with E-state index in [0.717, 1.165) is 10.5 Å². The summed E-state index contributed by atoms with van der Waals surface area (Å²) in [5.74, 6) is 0.563. The van der Waals surface area contributed by atoms with E-state index in [4.69, 9.17) is 0 Å². The Kier molecular flexibility index (Phi) is 8.58. The Morgan fingerprint density at radius 3 is 2.25 bits per heavy atom. The first kappa shape index (κ1) is 22.0. The van der Waals surface area contributed by atoms with Crippen molar-refractivity contribution in [3.63, 3.8) is 0 Å². The lowest BCUT2D eigenvalue weighted by Gasteiger charge is -2.29. The van der Waals surface area contributed by atoms with Crippen LogP contribution in [0.2, 0.25) is 0 Å². The van der Waals surface area contributed by atoms with E-state index in [-0.39, 0.29) is 17.9 Å². The molecule has 4 nitrogen and oxygen atoms in total. The minimum Gasteiger partial charge on any atom is -0.352 e. The minimum absolute atomic E-state index is 0.00425. The summed E-state index contributed by atoms with van der Waals surface area (Å²) in [4.78, 5) is 28.3. The van der Waals surface area contributed by atoms with Crippen LogP contribution in [0, 0.1) is 6.92 Å². The van der Waals surface area contributed by atoms with Gasteiger partial charge in [0.15, 0.2) is 0 Å². The molecule has 2 rings (SSSR count). The number of hydrogen-bond donors (Lipinski definition) is 1. The van der Waals surface area contributed by atoms with Crippen LogP contribution >= 0.6 is 11.8 Å². The lowest BCUT2D eigenvalue weighted by atomic mass is 10.1. The summed E-state index contributed by atoms with van der Waals surface area (Å²) in [6, 6.07) is 17.7. The fraction of sp³-hybridized carbons (Fsp3) is 0.391. The van der Waals surface area contributed by atoms with Gasteiger partial charge in [-0.2, -0.15) is 0 Å². The number of hydrogen-bond acceptors (Lipinski definition) is 3. The molecule has 0 saturated carbocycles. The molecule has 0 spiro atoms. The van der Waals surface area contributed by atoms with Crippen LogP contribution in [0.5, 0.6) is 0 Å². The molecule has 0 unspecified atom stereocenters. The fourth-order valence-electron chi connectivity index (χ4n) is 2.79. The number of carbonyl (C=O) groups is 2. The lowest BCUT2D eigenvalue weighted by Crippen LogP contribution is -2.49. The van der Waals surface area contributed by atoms with Crippen LogP contribution in [-0.2, 0) is 16.1 Å². The number of amides is 2. The number of benzene rings is 2. The highest BCUT2D eigenvalue weighted by Crippen LogP contribution is 2.19. The van der Waals surface area contributed by atoms with Gasteiger partial charge in [0, 0.05) is 29.7 Å². The quantitative estimate of drug-likeness (QED) is 0.636. The van der Waals surface area contributed by atoms with Gasteiger partial charge in [-0.25, -0.2) is 0 Å². The maximum atomic E-state index is 13.0. The van der Waals surface area contributed by atoms with E-state index in [2.05, 4.69) is 5.32 Å². The van der Waals surface area contributed by atoms with Crippen LogP contribution in [-0.4, -0.2) is 34.6 Å². The molecule has 0 bridgehead atoms. The average molecular weight is 399 g/mol. The normalized spacial score (nSPS) is 11.9. The first-order chi connectivity index (χ1) is 13.4. The number of rotatable bonds is 9. The van der Waals surface area contributed by atoms with E-state index < -0.39 is 6.04 Å². The first-order valence-electron chi connectivity index (χ1n) is 9.70. The molecule has 1 atom stereocenters. The summed E-state index contributed by atoms with van der Waals surface area (Å²) >= 11 is 1.66. The Balaban J connectivity index is 2.05. The van der Waals surface area contributed by atoms with Gasteiger partial charge in [0.05, 0.1) is 0 Å². The summed E-state index contributed by atoms with van der Waals surface area (Å²) in [6.45, 7) is 8.11. The van der Waals surface area contributed by atoms with Crippen molar-refractivity contribution in [3.8, 4) is 0 Å². The number of thioether (sulfide) groups is 1. The summed E-state index contributed by atoms with van der Waals surface area (Å²) in [6.07, 6.45) is 0.394. The molecular formula is C23H30N2O2S. The Labute approximate surface area is 172 Å². The molecule has 1 N–H and O–H groups in total. The molecule has 0 radical (unpaired) electrons. The van der Waals surface area contributed by atoms with Crippen molar-refractivity contribution in [2.24, 2.45) is 0 Å². The highest BCUT2D eigenvalue weighted by molar-refractivity contribution is 7.99. The topological polar surface area (TPSA) is 49.4 Å². The van der Waals surface area contributed by atoms with Gasteiger partial charge in [0.1, 0.15) is 6.04 Å². The van der Waals surface area contributed by atoms with Crippen molar-refractivity contribution in [2.75, 3.05) is 5.75 Å². The van der Waals surface area contributed by atoms with Crippen LogP contribution < -0.4 is 5.32 Å². The van der Waals surface area contributed by atoms with Gasteiger partial charge in [0.2, 0.25) is 11.8 Å². The molecule has 28 heavy (non-hydrogen) atoms. The van der Waals surface area contributed by atoms with Gasteiger partial charge in [-0.1, -0.05) is 48.0 Å². The SMILES string of the molecule is Cc1ccc(CN(C(=O)CCSc2ccccc2)[C@@H](C)C(=O)NC(C)C)cc1. The third-order valence-electron chi connectivity index (χ3n) is 4.40. The highest BCUT2D eigenvalue weighted by atomic mass is 32.2. The summed E-state index contributed by atoms with van der Waals surface area (Å²) in [5.41, 5.74) is 2.20. The van der Waals surface area contributed by atoms with E-state index in [1.54, 1.807) is 23.6 Å². The van der Waals surface area contributed by atoms with Gasteiger partial charge < -0.3 is 10.2 Å². The van der Waals surface area contributed by atoms with Crippen LogP contribution in [0.3, 0.4) is 0 Å². The predicted molar refractivity (Wildman–Crippen MR) is 116 cm³/mol. The first-order valence-corrected chi connectivity index (χ1v) is 10.7. The lowest BCUT2D eigenvalue weighted by molar-refractivity contribution is -0.140. The Hall–Kier alpha value is -2.27.